The molecule has 0 saturated heterocycles. The van der Waals surface area contributed by atoms with Gasteiger partial charge < -0.3 is 15.7 Å². The lowest BCUT2D eigenvalue weighted by Crippen LogP contribution is -2.39. The number of carboxylic acids is 1. The number of aliphatic carboxylic acids is 1. The highest BCUT2D eigenvalue weighted by Crippen LogP contribution is 2.14. The van der Waals surface area contributed by atoms with Crippen LogP contribution in [0.1, 0.15) is 32.3 Å². The van der Waals surface area contributed by atoms with Crippen molar-refractivity contribution in [1.82, 2.24) is 10.6 Å². The van der Waals surface area contributed by atoms with Crippen LogP contribution in [-0.4, -0.2) is 30.2 Å². The number of carbonyl (C=O) groups is 2. The number of carboxylic acid groups (broad SMARTS) is 1. The highest BCUT2D eigenvalue weighted by atomic mass is 32.1. The number of urea groups is 1. The Morgan fingerprint density at radius 1 is 1.33 bits per heavy atom. The first-order chi connectivity index (χ1) is 9.97. The number of hydrogen-bond donors (Lipinski definition) is 3. The lowest BCUT2D eigenvalue weighted by Gasteiger charge is -2.18. The summed E-state index contributed by atoms with van der Waals surface area (Å²) >= 11 is 1.64. The fourth-order valence-corrected chi connectivity index (χ4v) is 2.91. The molecule has 0 bridgehead atoms. The maximum atomic E-state index is 11.7. The topological polar surface area (TPSA) is 78.4 Å². The Kier molecular flexibility index (Phi) is 7.82. The molecule has 0 unspecified atom stereocenters. The van der Waals surface area contributed by atoms with Crippen molar-refractivity contribution in [3.8, 4) is 0 Å². The first-order valence-corrected chi connectivity index (χ1v) is 8.16. The van der Waals surface area contributed by atoms with E-state index in [1.165, 1.54) is 5.56 Å². The standard InChI is InChI=1S/C15H24N2O3S/c1-11(2)7-13(8-14(18)19)9-17-15(20)16-5-3-12-4-6-21-10-12/h4,6,10-11,13H,3,5,7-9H2,1-2H3,(H,18,19)(H2,16,17,20)/t13-/m0/s1. The monoisotopic (exact) mass is 312 g/mol. The van der Waals surface area contributed by atoms with Crippen LogP contribution in [0.25, 0.3) is 0 Å². The zero-order valence-corrected chi connectivity index (χ0v) is 13.4. The summed E-state index contributed by atoms with van der Waals surface area (Å²) < 4.78 is 0. The van der Waals surface area contributed by atoms with Gasteiger partial charge in [-0.2, -0.15) is 11.3 Å². The Hall–Kier alpha value is -1.56. The van der Waals surface area contributed by atoms with Crippen molar-refractivity contribution in [1.29, 1.82) is 0 Å². The molecule has 3 N–H and O–H groups in total. The lowest BCUT2D eigenvalue weighted by molar-refractivity contribution is -0.138. The fourth-order valence-electron chi connectivity index (χ4n) is 2.21. The summed E-state index contributed by atoms with van der Waals surface area (Å²) in [5.41, 5.74) is 1.21. The van der Waals surface area contributed by atoms with E-state index in [1.807, 2.05) is 11.4 Å². The van der Waals surface area contributed by atoms with Crippen molar-refractivity contribution >= 4 is 23.3 Å². The largest absolute Gasteiger partial charge is 0.481 e. The minimum absolute atomic E-state index is 0.0230. The van der Waals surface area contributed by atoms with Gasteiger partial charge in [-0.3, -0.25) is 4.79 Å². The van der Waals surface area contributed by atoms with E-state index in [9.17, 15) is 9.59 Å². The van der Waals surface area contributed by atoms with Gasteiger partial charge in [-0.25, -0.2) is 4.79 Å². The molecule has 1 rings (SSSR count). The molecule has 0 fully saturated rings. The Balaban J connectivity index is 2.23. The predicted octanol–water partition coefficient (Wildman–Crippen LogP) is 2.73. The Morgan fingerprint density at radius 2 is 2.10 bits per heavy atom. The fraction of sp³-hybridized carbons (Fsp3) is 0.600. The van der Waals surface area contributed by atoms with Crippen molar-refractivity contribution < 1.29 is 14.7 Å². The molecule has 1 atom stereocenters. The van der Waals surface area contributed by atoms with Crippen molar-refractivity contribution in [3.05, 3.63) is 22.4 Å². The van der Waals surface area contributed by atoms with Crippen molar-refractivity contribution in [2.75, 3.05) is 13.1 Å². The molecule has 118 valence electrons. The van der Waals surface area contributed by atoms with Gasteiger partial charge in [-0.15, -0.1) is 0 Å². The van der Waals surface area contributed by atoms with Gasteiger partial charge in [-0.05, 0) is 47.1 Å². The first-order valence-electron chi connectivity index (χ1n) is 7.22. The number of amides is 2. The maximum absolute atomic E-state index is 11.7. The van der Waals surface area contributed by atoms with Gasteiger partial charge in [0.1, 0.15) is 0 Å². The van der Waals surface area contributed by atoms with Crippen molar-refractivity contribution in [2.24, 2.45) is 11.8 Å². The molecule has 0 aromatic carbocycles. The molecule has 0 saturated carbocycles. The zero-order chi connectivity index (χ0) is 15.7. The minimum atomic E-state index is -0.819. The summed E-state index contributed by atoms with van der Waals surface area (Å²) in [6, 6.07) is 1.81. The van der Waals surface area contributed by atoms with Crippen molar-refractivity contribution in [2.45, 2.75) is 33.1 Å². The number of thiophene rings is 1. The lowest BCUT2D eigenvalue weighted by atomic mass is 9.94. The number of rotatable bonds is 9. The second-order valence-corrected chi connectivity index (χ2v) is 6.39. The highest BCUT2D eigenvalue weighted by molar-refractivity contribution is 7.07. The van der Waals surface area contributed by atoms with E-state index in [0.29, 0.717) is 19.0 Å². The Morgan fingerprint density at radius 3 is 2.67 bits per heavy atom. The summed E-state index contributed by atoms with van der Waals surface area (Å²) in [5, 5.41) is 18.5. The third kappa shape index (κ3) is 8.34. The van der Waals surface area contributed by atoms with E-state index < -0.39 is 5.97 Å². The van der Waals surface area contributed by atoms with Crippen LogP contribution in [0.4, 0.5) is 4.79 Å². The Bertz CT molecular complexity index is 432. The zero-order valence-electron chi connectivity index (χ0n) is 12.6. The van der Waals surface area contributed by atoms with E-state index in [1.54, 1.807) is 11.3 Å². The summed E-state index contributed by atoms with van der Waals surface area (Å²) in [4.78, 5) is 22.5. The van der Waals surface area contributed by atoms with E-state index >= 15 is 0 Å². The summed E-state index contributed by atoms with van der Waals surface area (Å²) in [7, 11) is 0. The third-order valence-corrected chi connectivity index (χ3v) is 3.83. The second-order valence-electron chi connectivity index (χ2n) is 5.61. The Labute approximate surface area is 129 Å². The van der Waals surface area contributed by atoms with Crippen LogP contribution in [0, 0.1) is 11.8 Å². The molecule has 6 heteroatoms. The number of carbonyl (C=O) groups excluding carboxylic acids is 1. The molecule has 0 aliphatic carbocycles. The SMILES string of the molecule is CC(C)C[C@H](CNC(=O)NCCc1ccsc1)CC(=O)O. The normalized spacial score (nSPS) is 12.1. The van der Waals surface area contributed by atoms with Crippen LogP contribution in [0.5, 0.6) is 0 Å². The van der Waals surface area contributed by atoms with Crippen LogP contribution in [0.2, 0.25) is 0 Å². The quantitative estimate of drug-likeness (QED) is 0.656. The number of nitrogens with one attached hydrogen (secondary N) is 2. The van der Waals surface area contributed by atoms with Gasteiger partial charge in [0.05, 0.1) is 0 Å². The molecule has 0 aliphatic heterocycles. The summed E-state index contributed by atoms with van der Waals surface area (Å²) in [6.45, 7) is 5.08. The van der Waals surface area contributed by atoms with E-state index in [0.717, 1.165) is 12.8 Å². The number of hydrogen-bond acceptors (Lipinski definition) is 3. The smallest absolute Gasteiger partial charge is 0.314 e. The molecular weight excluding hydrogens is 288 g/mol. The first kappa shape index (κ1) is 17.5. The summed E-state index contributed by atoms with van der Waals surface area (Å²) in [6.07, 6.45) is 1.69. The van der Waals surface area contributed by atoms with E-state index in [4.69, 9.17) is 5.11 Å². The molecule has 21 heavy (non-hydrogen) atoms. The summed E-state index contributed by atoms with van der Waals surface area (Å²) in [5.74, 6) is -0.428. The average molecular weight is 312 g/mol. The van der Waals surface area contributed by atoms with E-state index in [-0.39, 0.29) is 18.4 Å². The average Bonchev–Trinajstić information content (AvgIpc) is 2.88. The van der Waals surface area contributed by atoms with Crippen LogP contribution in [0.15, 0.2) is 16.8 Å². The molecule has 0 aliphatic rings. The molecule has 1 aromatic rings. The van der Waals surface area contributed by atoms with Crippen molar-refractivity contribution in [3.63, 3.8) is 0 Å². The van der Waals surface area contributed by atoms with Gasteiger partial charge in [0, 0.05) is 19.5 Å². The van der Waals surface area contributed by atoms with Gasteiger partial charge in [0.25, 0.3) is 0 Å². The molecule has 2 amide bonds. The van der Waals surface area contributed by atoms with Crippen LogP contribution >= 0.6 is 11.3 Å². The third-order valence-electron chi connectivity index (χ3n) is 3.10. The highest BCUT2D eigenvalue weighted by Gasteiger charge is 2.15. The predicted molar refractivity (Wildman–Crippen MR) is 84.6 cm³/mol. The van der Waals surface area contributed by atoms with E-state index in [2.05, 4.69) is 29.9 Å². The molecule has 0 spiro atoms. The maximum Gasteiger partial charge on any atom is 0.314 e. The molecule has 0 radical (unpaired) electrons. The second kappa shape index (κ2) is 9.39. The van der Waals surface area contributed by atoms with Gasteiger partial charge in [0.2, 0.25) is 0 Å². The molecule has 5 nitrogen and oxygen atoms in total. The van der Waals surface area contributed by atoms with Gasteiger partial charge in [0.15, 0.2) is 0 Å². The van der Waals surface area contributed by atoms with Crippen LogP contribution in [0.3, 0.4) is 0 Å². The molecular formula is C15H24N2O3S. The minimum Gasteiger partial charge on any atom is -0.481 e. The van der Waals surface area contributed by atoms with Gasteiger partial charge >= 0.3 is 12.0 Å². The molecule has 1 aromatic heterocycles. The van der Waals surface area contributed by atoms with Crippen LogP contribution < -0.4 is 10.6 Å². The van der Waals surface area contributed by atoms with Crippen LogP contribution in [-0.2, 0) is 11.2 Å². The van der Waals surface area contributed by atoms with Gasteiger partial charge in [-0.1, -0.05) is 13.8 Å². The molecule has 1 heterocycles.